The molecule has 0 aromatic heterocycles. The molecule has 0 radical (unpaired) electrons. The molecule has 6 heteroatoms. The third-order valence-electron chi connectivity index (χ3n) is 1.89. The van der Waals surface area contributed by atoms with Gasteiger partial charge < -0.3 is 10.5 Å². The minimum atomic E-state index is -4.55. The summed E-state index contributed by atoms with van der Waals surface area (Å²) in [6, 6.07) is 0.676. The standard InChI is InChI=1S/C9H9F4NO/c1-15-7-4-5(2-3-6(7)10)8(14)9(11,12)13/h2-4,8H,14H2,1H3. The molecule has 0 amide bonds. The Morgan fingerprint density at radius 3 is 2.40 bits per heavy atom. The summed E-state index contributed by atoms with van der Waals surface area (Å²) in [5, 5.41) is 0. The van der Waals surface area contributed by atoms with Crippen molar-refractivity contribution in [2.45, 2.75) is 12.2 Å². The Morgan fingerprint density at radius 2 is 1.93 bits per heavy atom. The van der Waals surface area contributed by atoms with Crippen LogP contribution in [0.2, 0.25) is 0 Å². The van der Waals surface area contributed by atoms with Gasteiger partial charge in [-0.3, -0.25) is 0 Å². The van der Waals surface area contributed by atoms with Gasteiger partial charge in [-0.05, 0) is 17.7 Å². The van der Waals surface area contributed by atoms with Crippen LogP contribution in [0.3, 0.4) is 0 Å². The lowest BCUT2D eigenvalue weighted by atomic mass is 10.1. The van der Waals surface area contributed by atoms with Gasteiger partial charge in [0, 0.05) is 0 Å². The summed E-state index contributed by atoms with van der Waals surface area (Å²) in [5.41, 5.74) is 4.71. The van der Waals surface area contributed by atoms with Crippen LogP contribution >= 0.6 is 0 Å². The van der Waals surface area contributed by atoms with Crippen molar-refractivity contribution >= 4 is 0 Å². The number of ether oxygens (including phenoxy) is 1. The number of halogens is 4. The third-order valence-corrected chi connectivity index (χ3v) is 1.89. The Kier molecular flexibility index (Phi) is 3.18. The molecule has 1 aromatic carbocycles. The molecular weight excluding hydrogens is 214 g/mol. The molecule has 0 fully saturated rings. The van der Waals surface area contributed by atoms with E-state index in [1.54, 1.807) is 0 Å². The first-order chi connectivity index (χ1) is 6.86. The molecular formula is C9H9F4NO. The molecule has 2 N–H and O–H groups in total. The monoisotopic (exact) mass is 223 g/mol. The molecule has 15 heavy (non-hydrogen) atoms. The van der Waals surface area contributed by atoms with E-state index in [1.165, 1.54) is 7.11 Å². The van der Waals surface area contributed by atoms with Gasteiger partial charge in [-0.2, -0.15) is 13.2 Å². The summed E-state index contributed by atoms with van der Waals surface area (Å²) < 4.78 is 54.1. The zero-order valence-electron chi connectivity index (χ0n) is 7.81. The van der Waals surface area contributed by atoms with Crippen molar-refractivity contribution in [3.05, 3.63) is 29.6 Å². The number of alkyl halides is 3. The summed E-state index contributed by atoms with van der Waals surface area (Å²) in [5.74, 6) is -0.983. The van der Waals surface area contributed by atoms with Crippen molar-refractivity contribution in [3.63, 3.8) is 0 Å². The molecule has 0 bridgehead atoms. The summed E-state index contributed by atoms with van der Waals surface area (Å²) in [6.07, 6.45) is -4.55. The first-order valence-electron chi connectivity index (χ1n) is 4.02. The van der Waals surface area contributed by atoms with Crippen LogP contribution in [-0.4, -0.2) is 13.3 Å². The molecule has 84 valence electrons. The van der Waals surface area contributed by atoms with Gasteiger partial charge in [0.1, 0.15) is 6.04 Å². The lowest BCUT2D eigenvalue weighted by Crippen LogP contribution is -2.28. The van der Waals surface area contributed by atoms with E-state index in [0.29, 0.717) is 0 Å². The SMILES string of the molecule is COc1cc(C(N)C(F)(F)F)ccc1F. The fraction of sp³-hybridized carbons (Fsp3) is 0.333. The number of hydrogen-bond donors (Lipinski definition) is 1. The summed E-state index contributed by atoms with van der Waals surface area (Å²) in [7, 11) is 1.17. The minimum Gasteiger partial charge on any atom is -0.494 e. The van der Waals surface area contributed by atoms with Gasteiger partial charge in [-0.25, -0.2) is 4.39 Å². The van der Waals surface area contributed by atoms with Crippen molar-refractivity contribution in [1.82, 2.24) is 0 Å². The number of nitrogens with two attached hydrogens (primary N) is 1. The van der Waals surface area contributed by atoms with Crippen LogP contribution in [0.25, 0.3) is 0 Å². The molecule has 1 atom stereocenters. The van der Waals surface area contributed by atoms with Crippen molar-refractivity contribution in [2.75, 3.05) is 7.11 Å². The molecule has 0 aliphatic rings. The molecule has 1 rings (SSSR count). The van der Waals surface area contributed by atoms with Gasteiger partial charge in [0.2, 0.25) is 0 Å². The van der Waals surface area contributed by atoms with Crippen molar-refractivity contribution in [3.8, 4) is 5.75 Å². The summed E-state index contributed by atoms with van der Waals surface area (Å²) in [4.78, 5) is 0. The van der Waals surface area contributed by atoms with Gasteiger partial charge in [0.25, 0.3) is 0 Å². The quantitative estimate of drug-likeness (QED) is 0.781. The van der Waals surface area contributed by atoms with Gasteiger partial charge in [0.15, 0.2) is 11.6 Å². The first-order valence-corrected chi connectivity index (χ1v) is 4.02. The summed E-state index contributed by atoms with van der Waals surface area (Å²) >= 11 is 0. The maximum absolute atomic E-state index is 12.9. The molecule has 1 unspecified atom stereocenters. The Hall–Kier alpha value is -1.30. The Balaban J connectivity index is 3.06. The van der Waals surface area contributed by atoms with Gasteiger partial charge in [0.05, 0.1) is 7.11 Å². The van der Waals surface area contributed by atoms with Crippen molar-refractivity contribution in [1.29, 1.82) is 0 Å². The van der Waals surface area contributed by atoms with Crippen molar-refractivity contribution < 1.29 is 22.3 Å². The second-order valence-corrected chi connectivity index (χ2v) is 2.91. The van der Waals surface area contributed by atoms with Crippen LogP contribution < -0.4 is 10.5 Å². The predicted octanol–water partition coefficient (Wildman–Crippen LogP) is 2.40. The number of rotatable bonds is 2. The maximum Gasteiger partial charge on any atom is 0.407 e. The molecule has 0 aliphatic carbocycles. The van der Waals surface area contributed by atoms with Crippen LogP contribution in [0.4, 0.5) is 17.6 Å². The van der Waals surface area contributed by atoms with E-state index in [4.69, 9.17) is 5.73 Å². The summed E-state index contributed by atoms with van der Waals surface area (Å²) in [6.45, 7) is 0. The smallest absolute Gasteiger partial charge is 0.407 e. The number of methoxy groups -OCH3 is 1. The van der Waals surface area contributed by atoms with Gasteiger partial charge in [-0.15, -0.1) is 0 Å². The van der Waals surface area contributed by atoms with Crippen molar-refractivity contribution in [2.24, 2.45) is 5.73 Å². The van der Waals surface area contributed by atoms with E-state index < -0.39 is 18.0 Å². The highest BCUT2D eigenvalue weighted by Crippen LogP contribution is 2.32. The third kappa shape index (κ3) is 2.59. The Morgan fingerprint density at radius 1 is 1.33 bits per heavy atom. The molecule has 0 saturated carbocycles. The van der Waals surface area contributed by atoms with E-state index in [9.17, 15) is 17.6 Å². The maximum atomic E-state index is 12.9. The van der Waals surface area contributed by atoms with E-state index in [2.05, 4.69) is 4.74 Å². The molecule has 0 spiro atoms. The van der Waals surface area contributed by atoms with Crippen LogP contribution in [0.1, 0.15) is 11.6 Å². The topological polar surface area (TPSA) is 35.2 Å². The largest absolute Gasteiger partial charge is 0.494 e. The number of benzene rings is 1. The highest BCUT2D eigenvalue weighted by Gasteiger charge is 2.38. The lowest BCUT2D eigenvalue weighted by Gasteiger charge is -2.16. The Bertz CT molecular complexity index is 350. The average Bonchev–Trinajstić information content (AvgIpc) is 2.16. The highest BCUT2D eigenvalue weighted by atomic mass is 19.4. The number of hydrogen-bond acceptors (Lipinski definition) is 2. The van der Waals surface area contributed by atoms with E-state index in [1.807, 2.05) is 0 Å². The zero-order chi connectivity index (χ0) is 11.6. The fourth-order valence-corrected chi connectivity index (χ4v) is 1.06. The molecule has 0 saturated heterocycles. The fourth-order valence-electron chi connectivity index (χ4n) is 1.06. The highest BCUT2D eigenvalue weighted by molar-refractivity contribution is 5.32. The first kappa shape index (κ1) is 11.8. The second kappa shape index (κ2) is 4.06. The predicted molar refractivity (Wildman–Crippen MR) is 45.9 cm³/mol. The molecule has 0 heterocycles. The molecule has 0 aliphatic heterocycles. The van der Waals surface area contributed by atoms with Crippen LogP contribution in [0.15, 0.2) is 18.2 Å². The van der Waals surface area contributed by atoms with E-state index in [-0.39, 0.29) is 11.3 Å². The van der Waals surface area contributed by atoms with Crippen LogP contribution in [-0.2, 0) is 0 Å². The zero-order valence-corrected chi connectivity index (χ0v) is 7.81. The average molecular weight is 223 g/mol. The van der Waals surface area contributed by atoms with Crippen LogP contribution in [0.5, 0.6) is 5.75 Å². The van der Waals surface area contributed by atoms with Gasteiger partial charge in [-0.1, -0.05) is 6.07 Å². The van der Waals surface area contributed by atoms with Crippen LogP contribution in [0, 0.1) is 5.82 Å². The van der Waals surface area contributed by atoms with E-state index >= 15 is 0 Å². The van der Waals surface area contributed by atoms with Gasteiger partial charge >= 0.3 is 6.18 Å². The normalized spacial score (nSPS) is 13.7. The second-order valence-electron chi connectivity index (χ2n) is 2.91. The lowest BCUT2D eigenvalue weighted by molar-refractivity contribution is -0.149. The molecule has 2 nitrogen and oxygen atoms in total. The Labute approximate surface area is 83.6 Å². The van der Waals surface area contributed by atoms with E-state index in [0.717, 1.165) is 18.2 Å². The molecule has 1 aromatic rings. The minimum absolute atomic E-state index is 0.235.